The highest BCUT2D eigenvalue weighted by Crippen LogP contribution is 2.15. The molecule has 0 aromatic heterocycles. The first kappa shape index (κ1) is 15.1. The van der Waals surface area contributed by atoms with E-state index in [1.165, 1.54) is 11.1 Å². The SMILES string of the molecule is CCN(C(=O)CNc1cc(C)cc(C)c1)c1ccccc1. The topological polar surface area (TPSA) is 32.3 Å². The number of amides is 1. The average molecular weight is 282 g/mol. The van der Waals surface area contributed by atoms with Crippen LogP contribution in [0.5, 0.6) is 0 Å². The van der Waals surface area contributed by atoms with E-state index in [1.807, 2.05) is 37.3 Å². The summed E-state index contributed by atoms with van der Waals surface area (Å²) in [5, 5.41) is 3.22. The van der Waals surface area contributed by atoms with Gasteiger partial charge in [0, 0.05) is 17.9 Å². The number of benzene rings is 2. The molecule has 0 saturated carbocycles. The van der Waals surface area contributed by atoms with E-state index in [-0.39, 0.29) is 5.91 Å². The molecular weight excluding hydrogens is 260 g/mol. The molecule has 2 aromatic rings. The van der Waals surface area contributed by atoms with Gasteiger partial charge in [0.25, 0.3) is 0 Å². The molecule has 21 heavy (non-hydrogen) atoms. The second-order valence-corrected chi connectivity index (χ2v) is 5.20. The Bertz CT molecular complexity index is 588. The van der Waals surface area contributed by atoms with Crippen LogP contribution in [0.15, 0.2) is 48.5 Å². The van der Waals surface area contributed by atoms with Crippen LogP contribution in [-0.4, -0.2) is 19.0 Å². The summed E-state index contributed by atoms with van der Waals surface area (Å²) in [7, 11) is 0. The minimum Gasteiger partial charge on any atom is -0.376 e. The number of hydrogen-bond donors (Lipinski definition) is 1. The minimum atomic E-state index is 0.0721. The number of rotatable bonds is 5. The van der Waals surface area contributed by atoms with E-state index in [2.05, 4.69) is 37.4 Å². The molecule has 1 amide bonds. The Balaban J connectivity index is 2.03. The van der Waals surface area contributed by atoms with Crippen LogP contribution in [0.3, 0.4) is 0 Å². The van der Waals surface area contributed by atoms with Crippen LogP contribution >= 0.6 is 0 Å². The maximum Gasteiger partial charge on any atom is 0.246 e. The predicted octanol–water partition coefficient (Wildman–Crippen LogP) is 3.77. The van der Waals surface area contributed by atoms with E-state index >= 15 is 0 Å². The third-order valence-electron chi connectivity index (χ3n) is 3.35. The molecule has 2 rings (SSSR count). The summed E-state index contributed by atoms with van der Waals surface area (Å²) in [6.45, 7) is 7.06. The monoisotopic (exact) mass is 282 g/mol. The largest absolute Gasteiger partial charge is 0.376 e. The summed E-state index contributed by atoms with van der Waals surface area (Å²) in [5.41, 5.74) is 4.32. The van der Waals surface area contributed by atoms with Gasteiger partial charge < -0.3 is 10.2 Å². The van der Waals surface area contributed by atoms with Crippen molar-refractivity contribution >= 4 is 17.3 Å². The molecule has 0 aliphatic carbocycles. The van der Waals surface area contributed by atoms with Gasteiger partial charge in [-0.1, -0.05) is 24.3 Å². The van der Waals surface area contributed by atoms with Crippen molar-refractivity contribution < 1.29 is 4.79 Å². The first-order valence-corrected chi connectivity index (χ1v) is 7.27. The van der Waals surface area contributed by atoms with Gasteiger partial charge in [-0.15, -0.1) is 0 Å². The lowest BCUT2D eigenvalue weighted by atomic mass is 10.1. The van der Waals surface area contributed by atoms with Crippen molar-refractivity contribution in [2.45, 2.75) is 20.8 Å². The normalized spacial score (nSPS) is 10.2. The zero-order chi connectivity index (χ0) is 15.2. The molecule has 0 spiro atoms. The van der Waals surface area contributed by atoms with E-state index in [1.54, 1.807) is 4.90 Å². The minimum absolute atomic E-state index is 0.0721. The van der Waals surface area contributed by atoms with Crippen LogP contribution in [0.2, 0.25) is 0 Å². The Kier molecular flexibility index (Phi) is 4.99. The summed E-state index contributed by atoms with van der Waals surface area (Å²) in [6, 6.07) is 16.0. The molecule has 1 N–H and O–H groups in total. The Morgan fingerprint density at radius 2 is 1.67 bits per heavy atom. The van der Waals surface area contributed by atoms with Gasteiger partial charge in [0.15, 0.2) is 0 Å². The number of carbonyl (C=O) groups excluding carboxylic acids is 1. The number of likely N-dealkylation sites (N-methyl/N-ethyl adjacent to an activating group) is 1. The van der Waals surface area contributed by atoms with Crippen molar-refractivity contribution in [2.75, 3.05) is 23.3 Å². The third kappa shape index (κ3) is 4.09. The van der Waals surface area contributed by atoms with Crippen molar-refractivity contribution in [1.82, 2.24) is 0 Å². The van der Waals surface area contributed by atoms with Gasteiger partial charge in [-0.05, 0) is 56.2 Å². The molecule has 2 aromatic carbocycles. The summed E-state index contributed by atoms with van der Waals surface area (Å²) in [5.74, 6) is 0.0721. The van der Waals surface area contributed by atoms with E-state index < -0.39 is 0 Å². The van der Waals surface area contributed by atoms with Gasteiger partial charge >= 0.3 is 0 Å². The van der Waals surface area contributed by atoms with E-state index in [0.29, 0.717) is 13.1 Å². The molecule has 0 atom stereocenters. The highest BCUT2D eigenvalue weighted by Gasteiger charge is 2.13. The van der Waals surface area contributed by atoms with Crippen LogP contribution in [0, 0.1) is 13.8 Å². The van der Waals surface area contributed by atoms with E-state index in [0.717, 1.165) is 11.4 Å². The van der Waals surface area contributed by atoms with Crippen molar-refractivity contribution in [2.24, 2.45) is 0 Å². The van der Waals surface area contributed by atoms with Crippen LogP contribution in [0.1, 0.15) is 18.1 Å². The molecule has 3 heteroatoms. The zero-order valence-corrected chi connectivity index (χ0v) is 12.9. The standard InChI is InChI=1S/C18H22N2O/c1-4-20(17-8-6-5-7-9-17)18(21)13-19-16-11-14(2)10-15(3)12-16/h5-12,19H,4,13H2,1-3H3. The lowest BCUT2D eigenvalue weighted by Gasteiger charge is -2.21. The molecule has 0 bridgehead atoms. The molecule has 0 heterocycles. The van der Waals surface area contributed by atoms with Gasteiger partial charge in [-0.2, -0.15) is 0 Å². The Morgan fingerprint density at radius 1 is 1.05 bits per heavy atom. The summed E-state index contributed by atoms with van der Waals surface area (Å²) >= 11 is 0. The summed E-state index contributed by atoms with van der Waals surface area (Å²) < 4.78 is 0. The summed E-state index contributed by atoms with van der Waals surface area (Å²) in [4.78, 5) is 14.2. The number of nitrogens with zero attached hydrogens (tertiary/aromatic N) is 1. The van der Waals surface area contributed by atoms with E-state index in [4.69, 9.17) is 0 Å². The second kappa shape index (κ2) is 6.93. The van der Waals surface area contributed by atoms with Crippen molar-refractivity contribution in [3.8, 4) is 0 Å². The van der Waals surface area contributed by atoms with Crippen molar-refractivity contribution in [3.63, 3.8) is 0 Å². The van der Waals surface area contributed by atoms with Gasteiger partial charge in [0.2, 0.25) is 5.91 Å². The average Bonchev–Trinajstić information content (AvgIpc) is 2.46. The van der Waals surface area contributed by atoms with Gasteiger partial charge in [0.05, 0.1) is 6.54 Å². The van der Waals surface area contributed by atoms with Crippen molar-refractivity contribution in [1.29, 1.82) is 0 Å². The van der Waals surface area contributed by atoms with Crippen LogP contribution in [0.25, 0.3) is 0 Å². The Labute approximate surface area is 126 Å². The smallest absolute Gasteiger partial charge is 0.246 e. The zero-order valence-electron chi connectivity index (χ0n) is 12.9. The first-order valence-electron chi connectivity index (χ1n) is 7.27. The van der Waals surface area contributed by atoms with Crippen molar-refractivity contribution in [3.05, 3.63) is 59.7 Å². The number of anilines is 2. The van der Waals surface area contributed by atoms with Gasteiger partial charge in [-0.3, -0.25) is 4.79 Å². The maximum absolute atomic E-state index is 12.4. The fraction of sp³-hybridized carbons (Fsp3) is 0.278. The second-order valence-electron chi connectivity index (χ2n) is 5.20. The number of nitrogens with one attached hydrogen (secondary N) is 1. The Hall–Kier alpha value is -2.29. The summed E-state index contributed by atoms with van der Waals surface area (Å²) in [6.07, 6.45) is 0. The van der Waals surface area contributed by atoms with Gasteiger partial charge in [0.1, 0.15) is 0 Å². The number of para-hydroxylation sites is 1. The third-order valence-corrected chi connectivity index (χ3v) is 3.35. The molecule has 0 fully saturated rings. The number of aryl methyl sites for hydroxylation is 2. The highest BCUT2D eigenvalue weighted by molar-refractivity contribution is 5.96. The molecular formula is C18H22N2O. The molecule has 0 radical (unpaired) electrons. The number of carbonyl (C=O) groups is 1. The fourth-order valence-electron chi connectivity index (χ4n) is 2.46. The van der Waals surface area contributed by atoms with Crippen LogP contribution in [0.4, 0.5) is 11.4 Å². The molecule has 0 aliphatic heterocycles. The quantitative estimate of drug-likeness (QED) is 0.905. The molecule has 110 valence electrons. The lowest BCUT2D eigenvalue weighted by Crippen LogP contribution is -2.35. The number of hydrogen-bond acceptors (Lipinski definition) is 2. The predicted molar refractivity (Wildman–Crippen MR) is 88.9 cm³/mol. The highest BCUT2D eigenvalue weighted by atomic mass is 16.2. The van der Waals surface area contributed by atoms with E-state index in [9.17, 15) is 4.79 Å². The first-order chi connectivity index (χ1) is 10.1. The molecule has 0 unspecified atom stereocenters. The Morgan fingerprint density at radius 3 is 2.24 bits per heavy atom. The molecule has 0 saturated heterocycles. The van der Waals surface area contributed by atoms with Crippen LogP contribution in [-0.2, 0) is 4.79 Å². The maximum atomic E-state index is 12.4. The molecule has 0 aliphatic rings. The molecule has 3 nitrogen and oxygen atoms in total. The van der Waals surface area contributed by atoms with Gasteiger partial charge in [-0.25, -0.2) is 0 Å². The van der Waals surface area contributed by atoms with Crippen LogP contribution < -0.4 is 10.2 Å². The fourth-order valence-corrected chi connectivity index (χ4v) is 2.46. The lowest BCUT2D eigenvalue weighted by molar-refractivity contribution is -0.116.